The predicted molar refractivity (Wildman–Crippen MR) is 104 cm³/mol. The molecule has 6 heteroatoms. The fourth-order valence-electron chi connectivity index (χ4n) is 4.47. The normalized spacial score (nSPS) is 20.1. The van der Waals surface area contributed by atoms with Crippen LogP contribution in [0.5, 0.6) is 5.75 Å². The molecule has 0 atom stereocenters. The quantitative estimate of drug-likeness (QED) is 0.878. The minimum Gasteiger partial charge on any atom is -0.507 e. The number of nitrogens with zero attached hydrogens (tertiary/aromatic N) is 3. The fourth-order valence-corrected chi connectivity index (χ4v) is 4.47. The van der Waals surface area contributed by atoms with Crippen LogP contribution in [0.15, 0.2) is 35.4 Å². The monoisotopic (exact) mass is 364 g/mol. The maximum Gasteiger partial charge on any atom is 0.258 e. The van der Waals surface area contributed by atoms with Gasteiger partial charge >= 0.3 is 0 Å². The molecule has 3 heterocycles. The van der Waals surface area contributed by atoms with Crippen molar-refractivity contribution in [3.05, 3.63) is 46.7 Å². The highest BCUT2D eigenvalue weighted by molar-refractivity contribution is 6.01. The Bertz CT molecular complexity index is 966. The maximum atomic E-state index is 13.1. The van der Waals surface area contributed by atoms with Gasteiger partial charge in [-0.1, -0.05) is 12.2 Å². The molecule has 0 bridgehead atoms. The lowest BCUT2D eigenvalue weighted by atomic mass is 10.0. The van der Waals surface area contributed by atoms with E-state index in [1.807, 2.05) is 11.0 Å². The summed E-state index contributed by atoms with van der Waals surface area (Å²) in [6.07, 6.45) is 8.86. The highest BCUT2D eigenvalue weighted by atomic mass is 16.3. The van der Waals surface area contributed by atoms with Crippen molar-refractivity contribution in [3.8, 4) is 5.75 Å². The zero-order valence-electron chi connectivity index (χ0n) is 15.4. The van der Waals surface area contributed by atoms with E-state index in [4.69, 9.17) is 0 Å². The number of aromatic amines is 1. The summed E-state index contributed by atoms with van der Waals surface area (Å²) in [5.74, 6) is -0.0994. The number of aromatic hydroxyl groups is 1. The maximum absolute atomic E-state index is 13.1. The number of amides is 1. The molecule has 1 aliphatic carbocycles. The highest BCUT2D eigenvalue weighted by Gasteiger charge is 2.28. The number of phenols is 1. The fraction of sp³-hybridized carbons (Fsp3) is 0.429. The number of phenolic OH excluding ortho intramolecular Hbond substituents is 1. The Labute approximate surface area is 158 Å². The summed E-state index contributed by atoms with van der Waals surface area (Å²) >= 11 is 0. The Morgan fingerprint density at radius 1 is 1.22 bits per heavy atom. The third kappa shape index (κ3) is 2.94. The summed E-state index contributed by atoms with van der Waals surface area (Å²) in [6.45, 7) is 4.31. The van der Waals surface area contributed by atoms with E-state index in [0.29, 0.717) is 24.2 Å². The number of benzene rings is 1. The van der Waals surface area contributed by atoms with Crippen LogP contribution >= 0.6 is 0 Å². The van der Waals surface area contributed by atoms with E-state index in [-0.39, 0.29) is 11.7 Å². The number of carbonyl (C=O) groups is 1. The summed E-state index contributed by atoms with van der Waals surface area (Å²) in [7, 11) is 0. The Morgan fingerprint density at radius 2 is 2.07 bits per heavy atom. The van der Waals surface area contributed by atoms with E-state index >= 15 is 0 Å². The molecule has 2 aromatic rings. The summed E-state index contributed by atoms with van der Waals surface area (Å²) in [6, 6.07) is 3.42. The Balaban J connectivity index is 1.43. The molecule has 2 aliphatic heterocycles. The second-order valence-electron chi connectivity index (χ2n) is 7.80. The van der Waals surface area contributed by atoms with Crippen LogP contribution < -0.4 is 0 Å². The number of nitrogens with one attached hydrogen (secondary N) is 1. The number of aromatic nitrogens is 2. The van der Waals surface area contributed by atoms with Crippen LogP contribution in [0.25, 0.3) is 10.9 Å². The van der Waals surface area contributed by atoms with Crippen LogP contribution in [-0.4, -0.2) is 57.2 Å². The summed E-state index contributed by atoms with van der Waals surface area (Å²) in [4.78, 5) is 17.3. The number of allylic oxidation sites excluding steroid dienone is 1. The van der Waals surface area contributed by atoms with Crippen molar-refractivity contribution in [1.82, 2.24) is 20.0 Å². The molecule has 0 unspecified atom stereocenters. The number of carbonyl (C=O) groups excluding carboxylic acids is 1. The first-order valence-electron chi connectivity index (χ1n) is 9.78. The number of rotatable bonds is 3. The molecule has 0 radical (unpaired) electrons. The topological polar surface area (TPSA) is 72.5 Å². The van der Waals surface area contributed by atoms with Crippen molar-refractivity contribution in [2.45, 2.75) is 32.2 Å². The van der Waals surface area contributed by atoms with E-state index < -0.39 is 0 Å². The van der Waals surface area contributed by atoms with Gasteiger partial charge in [0.05, 0.1) is 16.8 Å². The van der Waals surface area contributed by atoms with E-state index in [9.17, 15) is 9.90 Å². The first kappa shape index (κ1) is 16.6. The molecule has 3 aliphatic rings. The van der Waals surface area contributed by atoms with Crippen LogP contribution in [-0.2, 0) is 6.54 Å². The molecule has 2 N–H and O–H groups in total. The average molecular weight is 364 g/mol. The van der Waals surface area contributed by atoms with Gasteiger partial charge in [-0.05, 0) is 56.0 Å². The Morgan fingerprint density at radius 3 is 2.89 bits per heavy atom. The number of likely N-dealkylation sites (tertiary alicyclic amines) is 1. The molecule has 1 saturated heterocycles. The lowest BCUT2D eigenvalue weighted by Crippen LogP contribution is -2.29. The molecular formula is C21H24N4O2. The van der Waals surface area contributed by atoms with Gasteiger partial charge in [0.15, 0.2) is 0 Å². The number of hydrogen-bond donors (Lipinski definition) is 2. The molecule has 1 aromatic carbocycles. The second-order valence-corrected chi connectivity index (χ2v) is 7.80. The molecule has 6 nitrogen and oxygen atoms in total. The van der Waals surface area contributed by atoms with Crippen LogP contribution in [0.3, 0.4) is 0 Å². The minimum atomic E-state index is -0.106. The van der Waals surface area contributed by atoms with Crippen molar-refractivity contribution < 1.29 is 9.90 Å². The lowest BCUT2D eigenvalue weighted by molar-refractivity contribution is 0.0793. The molecule has 140 valence electrons. The van der Waals surface area contributed by atoms with Gasteiger partial charge in [-0.3, -0.25) is 14.8 Å². The van der Waals surface area contributed by atoms with Gasteiger partial charge in [0, 0.05) is 31.1 Å². The van der Waals surface area contributed by atoms with E-state index in [1.165, 1.54) is 24.0 Å². The molecule has 0 spiro atoms. The molecule has 0 saturated carbocycles. The van der Waals surface area contributed by atoms with Gasteiger partial charge in [0.2, 0.25) is 0 Å². The van der Waals surface area contributed by atoms with Crippen LogP contribution in [0.1, 0.15) is 41.7 Å². The minimum absolute atomic E-state index is 0.00661. The molecule has 1 amide bonds. The molecule has 1 fully saturated rings. The molecule has 1 aromatic heterocycles. The molecule has 27 heavy (non-hydrogen) atoms. The van der Waals surface area contributed by atoms with Gasteiger partial charge in [-0.15, -0.1) is 0 Å². The van der Waals surface area contributed by atoms with Crippen molar-refractivity contribution in [3.63, 3.8) is 0 Å². The van der Waals surface area contributed by atoms with Gasteiger partial charge in [-0.25, -0.2) is 0 Å². The third-order valence-electron chi connectivity index (χ3n) is 5.98. The standard InChI is InChI=1S/C21H24N4O2/c26-20-10-18-16(19(23-22-18)13-24-7-3-4-8-24)9-17(20)21(27)25-11-14-5-1-2-6-15(14)12-25/h1,5,9-10,26H,2-4,6-8,11-13H2,(H,22,23). The van der Waals surface area contributed by atoms with E-state index in [2.05, 4.69) is 27.2 Å². The average Bonchev–Trinajstić information content (AvgIpc) is 3.40. The van der Waals surface area contributed by atoms with Crippen molar-refractivity contribution in [1.29, 1.82) is 0 Å². The first-order chi connectivity index (χ1) is 13.2. The van der Waals surface area contributed by atoms with Crippen LogP contribution in [0, 0.1) is 0 Å². The number of H-pyrrole nitrogens is 1. The summed E-state index contributed by atoms with van der Waals surface area (Å²) in [5, 5.41) is 18.8. The zero-order chi connectivity index (χ0) is 18.4. The third-order valence-corrected chi connectivity index (χ3v) is 5.98. The second kappa shape index (κ2) is 6.53. The largest absolute Gasteiger partial charge is 0.507 e. The van der Waals surface area contributed by atoms with Gasteiger partial charge < -0.3 is 10.0 Å². The predicted octanol–water partition coefficient (Wildman–Crippen LogP) is 2.97. The van der Waals surface area contributed by atoms with Crippen molar-refractivity contribution in [2.24, 2.45) is 0 Å². The van der Waals surface area contributed by atoms with Crippen molar-refractivity contribution >= 4 is 16.8 Å². The SMILES string of the molecule is O=C(c1cc2c(CN3CCCC3)[nH]nc2cc1O)N1CC2=C(CCC=C2)C1. The highest BCUT2D eigenvalue weighted by Crippen LogP contribution is 2.31. The van der Waals surface area contributed by atoms with Crippen LogP contribution in [0.4, 0.5) is 0 Å². The van der Waals surface area contributed by atoms with Gasteiger partial charge in [-0.2, -0.15) is 5.10 Å². The Kier molecular flexibility index (Phi) is 4.01. The van der Waals surface area contributed by atoms with E-state index in [0.717, 1.165) is 43.6 Å². The summed E-state index contributed by atoms with van der Waals surface area (Å²) < 4.78 is 0. The Hall–Kier alpha value is -2.60. The number of hydrogen-bond acceptors (Lipinski definition) is 4. The molecular weight excluding hydrogens is 340 g/mol. The van der Waals surface area contributed by atoms with Crippen LogP contribution in [0.2, 0.25) is 0 Å². The number of fused-ring (bicyclic) bond motifs is 1. The van der Waals surface area contributed by atoms with Crippen molar-refractivity contribution in [2.75, 3.05) is 26.2 Å². The first-order valence-corrected chi connectivity index (χ1v) is 9.78. The molecule has 5 rings (SSSR count). The lowest BCUT2D eigenvalue weighted by Gasteiger charge is -2.18. The van der Waals surface area contributed by atoms with Gasteiger partial charge in [0.25, 0.3) is 5.91 Å². The zero-order valence-corrected chi connectivity index (χ0v) is 15.4. The van der Waals surface area contributed by atoms with Gasteiger partial charge in [0.1, 0.15) is 5.75 Å². The van der Waals surface area contributed by atoms with E-state index in [1.54, 1.807) is 6.07 Å². The summed E-state index contributed by atoms with van der Waals surface area (Å²) in [5.41, 5.74) is 4.70. The smallest absolute Gasteiger partial charge is 0.258 e.